The van der Waals surface area contributed by atoms with Crippen LogP contribution in [0.5, 0.6) is 5.75 Å². The maximum Gasteiger partial charge on any atom is 0.214 e. The van der Waals surface area contributed by atoms with Crippen LogP contribution in [0, 0.1) is 28.8 Å². The van der Waals surface area contributed by atoms with Gasteiger partial charge in [0.15, 0.2) is 11.6 Å². The predicted octanol–water partition coefficient (Wildman–Crippen LogP) is 4.87. The van der Waals surface area contributed by atoms with E-state index in [1.54, 1.807) is 0 Å². The molecule has 2 atom stereocenters. The number of halogens is 3. The predicted molar refractivity (Wildman–Crippen MR) is 115 cm³/mol. The average molecular weight is 472 g/mol. The molecule has 3 aromatic rings. The Labute approximate surface area is 189 Å². The van der Waals surface area contributed by atoms with E-state index >= 15 is 0 Å². The van der Waals surface area contributed by atoms with Crippen LogP contribution in [-0.4, -0.2) is 25.0 Å². The largest absolute Gasteiger partial charge is 0.484 e. The third-order valence-electron chi connectivity index (χ3n) is 5.47. The average Bonchev–Trinajstić information content (AvgIpc) is 3.15. The summed E-state index contributed by atoms with van der Waals surface area (Å²) in [5.74, 6) is -2.43. The molecule has 1 aliphatic heterocycles. The van der Waals surface area contributed by atoms with E-state index in [0.717, 1.165) is 12.1 Å². The molecule has 0 spiro atoms. The lowest BCUT2D eigenvalue weighted by Gasteiger charge is -2.34. The van der Waals surface area contributed by atoms with Crippen LogP contribution in [0.2, 0.25) is 0 Å². The van der Waals surface area contributed by atoms with Crippen LogP contribution in [0.1, 0.15) is 35.3 Å². The normalized spacial score (nSPS) is 17.3. The second-order valence-electron chi connectivity index (χ2n) is 7.62. The van der Waals surface area contributed by atoms with E-state index in [-0.39, 0.29) is 17.9 Å². The van der Waals surface area contributed by atoms with E-state index in [2.05, 4.69) is 0 Å². The van der Waals surface area contributed by atoms with Crippen molar-refractivity contribution in [2.75, 3.05) is 12.3 Å². The number of hydrogen-bond acceptors (Lipinski definition) is 4. The van der Waals surface area contributed by atoms with Crippen LogP contribution in [0.15, 0.2) is 66.7 Å². The highest BCUT2D eigenvalue weighted by Crippen LogP contribution is 2.41. The van der Waals surface area contributed by atoms with E-state index in [1.807, 2.05) is 6.07 Å². The zero-order valence-electron chi connectivity index (χ0n) is 17.3. The summed E-state index contributed by atoms with van der Waals surface area (Å²) in [6.45, 7) is 0.196. The van der Waals surface area contributed by atoms with Crippen LogP contribution in [-0.2, 0) is 10.0 Å². The summed E-state index contributed by atoms with van der Waals surface area (Å²) in [6, 6.07) is 15.7. The minimum atomic E-state index is -3.67. The Hall–Kier alpha value is -3.35. The molecule has 4 rings (SSSR count). The van der Waals surface area contributed by atoms with Gasteiger partial charge >= 0.3 is 0 Å². The van der Waals surface area contributed by atoms with Gasteiger partial charge in [0.2, 0.25) is 10.0 Å². The van der Waals surface area contributed by atoms with Crippen LogP contribution in [0.3, 0.4) is 0 Å². The Morgan fingerprint density at radius 2 is 1.58 bits per heavy atom. The van der Waals surface area contributed by atoms with Gasteiger partial charge in [-0.15, -0.1) is 0 Å². The molecule has 1 aliphatic rings. The van der Waals surface area contributed by atoms with Gasteiger partial charge < -0.3 is 4.74 Å². The van der Waals surface area contributed by atoms with E-state index in [1.165, 1.54) is 58.9 Å². The Balaban J connectivity index is 1.86. The summed E-state index contributed by atoms with van der Waals surface area (Å²) in [7, 11) is -3.67. The van der Waals surface area contributed by atoms with Gasteiger partial charge in [-0.3, -0.25) is 0 Å². The third-order valence-corrected chi connectivity index (χ3v) is 7.39. The molecule has 9 heteroatoms. The number of ether oxygens (including phenoxy) is 1. The highest BCUT2D eigenvalue weighted by molar-refractivity contribution is 7.89. The fourth-order valence-corrected chi connectivity index (χ4v) is 5.60. The fraction of sp³-hybridized carbons (Fsp3) is 0.208. The van der Waals surface area contributed by atoms with Gasteiger partial charge in [0.1, 0.15) is 17.7 Å². The Morgan fingerprint density at radius 3 is 2.15 bits per heavy atom. The maximum absolute atomic E-state index is 14.2. The first-order chi connectivity index (χ1) is 15.8. The molecule has 5 nitrogen and oxygen atoms in total. The summed E-state index contributed by atoms with van der Waals surface area (Å²) in [6.07, 6.45) is -0.701. The smallest absolute Gasteiger partial charge is 0.214 e. The topological polar surface area (TPSA) is 70.4 Å². The van der Waals surface area contributed by atoms with Gasteiger partial charge in [-0.25, -0.2) is 21.6 Å². The van der Waals surface area contributed by atoms with Crippen LogP contribution >= 0.6 is 0 Å². The molecular weight excluding hydrogens is 453 g/mol. The fourth-order valence-electron chi connectivity index (χ4n) is 3.88. The lowest BCUT2D eigenvalue weighted by atomic mass is 9.95. The Bertz CT molecular complexity index is 1290. The van der Waals surface area contributed by atoms with Crippen molar-refractivity contribution in [3.05, 3.63) is 101 Å². The van der Waals surface area contributed by atoms with Crippen LogP contribution in [0.25, 0.3) is 0 Å². The zero-order valence-corrected chi connectivity index (χ0v) is 18.1. The van der Waals surface area contributed by atoms with Crippen molar-refractivity contribution in [1.82, 2.24) is 4.31 Å². The van der Waals surface area contributed by atoms with Gasteiger partial charge in [0.25, 0.3) is 0 Å². The first-order valence-electron chi connectivity index (χ1n) is 10.2. The van der Waals surface area contributed by atoms with Crippen molar-refractivity contribution < 1.29 is 26.3 Å². The van der Waals surface area contributed by atoms with E-state index in [0.29, 0.717) is 23.3 Å². The van der Waals surface area contributed by atoms with Crippen molar-refractivity contribution in [3.8, 4) is 11.8 Å². The minimum Gasteiger partial charge on any atom is -0.484 e. The summed E-state index contributed by atoms with van der Waals surface area (Å²) < 4.78 is 74.6. The van der Waals surface area contributed by atoms with Gasteiger partial charge in [-0.1, -0.05) is 18.2 Å². The van der Waals surface area contributed by atoms with E-state index < -0.39 is 39.6 Å². The van der Waals surface area contributed by atoms with Gasteiger partial charge in [-0.05, 0) is 66.1 Å². The molecule has 0 unspecified atom stereocenters. The first kappa shape index (κ1) is 22.8. The lowest BCUT2D eigenvalue weighted by Crippen LogP contribution is -2.36. The van der Waals surface area contributed by atoms with Crippen molar-refractivity contribution >= 4 is 10.0 Å². The standard InChI is InChI=1S/C24H19F3N2O3S/c25-19-7-4-17(5-8-19)23(29-12-1-13-33(29,30)31)24(18-6-11-21(26)22(27)14-18)32-20-9-2-16(15-28)3-10-20/h2-11,14,23-24H,1,12-13H2/t23-,24+/m0/s1. The quantitative estimate of drug-likeness (QED) is 0.513. The molecule has 0 saturated carbocycles. The molecule has 33 heavy (non-hydrogen) atoms. The van der Waals surface area contributed by atoms with Gasteiger partial charge in [-0.2, -0.15) is 9.57 Å². The molecule has 0 aliphatic carbocycles. The van der Waals surface area contributed by atoms with E-state index in [9.17, 15) is 21.6 Å². The molecular formula is C24H19F3N2O3S. The summed E-state index contributed by atoms with van der Waals surface area (Å²) in [5.41, 5.74) is 1.03. The van der Waals surface area contributed by atoms with Crippen molar-refractivity contribution in [3.63, 3.8) is 0 Å². The molecule has 0 bridgehead atoms. The SMILES string of the molecule is N#Cc1ccc(O[C@H](c2ccc(F)c(F)c2)[C@H](c2ccc(F)cc2)N2CCCS2(=O)=O)cc1. The third kappa shape index (κ3) is 4.87. The highest BCUT2D eigenvalue weighted by atomic mass is 32.2. The molecule has 0 N–H and O–H groups in total. The zero-order chi connectivity index (χ0) is 23.6. The monoisotopic (exact) mass is 472 g/mol. The number of nitriles is 1. The molecule has 170 valence electrons. The molecule has 1 heterocycles. The Kier molecular flexibility index (Phi) is 6.40. The van der Waals surface area contributed by atoms with Crippen LogP contribution < -0.4 is 4.74 Å². The first-order valence-corrected chi connectivity index (χ1v) is 11.8. The second-order valence-corrected chi connectivity index (χ2v) is 9.67. The number of rotatable bonds is 6. The van der Waals surface area contributed by atoms with Gasteiger partial charge in [0.05, 0.1) is 23.4 Å². The lowest BCUT2D eigenvalue weighted by molar-refractivity contribution is 0.115. The number of hydrogen-bond donors (Lipinski definition) is 0. The van der Waals surface area contributed by atoms with Crippen molar-refractivity contribution in [1.29, 1.82) is 5.26 Å². The van der Waals surface area contributed by atoms with E-state index in [4.69, 9.17) is 10.00 Å². The minimum absolute atomic E-state index is 0.0634. The molecule has 1 fully saturated rings. The molecule has 0 amide bonds. The second kappa shape index (κ2) is 9.25. The Morgan fingerprint density at radius 1 is 0.909 bits per heavy atom. The number of nitrogens with zero attached hydrogens (tertiary/aromatic N) is 2. The summed E-state index contributed by atoms with van der Waals surface area (Å²) in [4.78, 5) is 0. The molecule has 3 aromatic carbocycles. The molecule has 0 aromatic heterocycles. The number of benzene rings is 3. The summed E-state index contributed by atoms with van der Waals surface area (Å²) >= 11 is 0. The maximum atomic E-state index is 14.2. The molecule has 0 radical (unpaired) electrons. The van der Waals surface area contributed by atoms with Crippen molar-refractivity contribution in [2.45, 2.75) is 18.6 Å². The molecule has 1 saturated heterocycles. The van der Waals surface area contributed by atoms with Gasteiger partial charge in [0, 0.05) is 6.54 Å². The van der Waals surface area contributed by atoms with Crippen molar-refractivity contribution in [2.24, 2.45) is 0 Å². The highest BCUT2D eigenvalue weighted by Gasteiger charge is 2.41. The summed E-state index contributed by atoms with van der Waals surface area (Å²) in [5, 5.41) is 9.03. The number of sulfonamides is 1. The van der Waals surface area contributed by atoms with Crippen LogP contribution in [0.4, 0.5) is 13.2 Å².